The number of nitrogens with two attached hydrogens (primary N) is 2. The molecule has 0 saturated heterocycles. The van der Waals surface area contributed by atoms with Crippen molar-refractivity contribution in [2.75, 3.05) is 11.5 Å². The van der Waals surface area contributed by atoms with Crippen molar-refractivity contribution in [2.45, 2.75) is 0 Å². The molecule has 6 aromatic rings. The minimum absolute atomic E-state index is 0.693. The van der Waals surface area contributed by atoms with Crippen molar-refractivity contribution in [2.24, 2.45) is 0 Å². The number of rotatable bonds is 3. The molecule has 154 valence electrons. The van der Waals surface area contributed by atoms with Gasteiger partial charge < -0.3 is 16.0 Å². The summed E-state index contributed by atoms with van der Waals surface area (Å²) in [6.45, 7) is 0. The first-order valence-corrected chi connectivity index (χ1v) is 11.1. The summed E-state index contributed by atoms with van der Waals surface area (Å²) in [6.07, 6.45) is 3.42. The molecular weight excluding hydrogens is 414 g/mol. The highest BCUT2D eigenvalue weighted by molar-refractivity contribution is 7.23. The molecule has 6 heteroatoms. The summed E-state index contributed by atoms with van der Waals surface area (Å²) in [5.41, 5.74) is 19.6. The van der Waals surface area contributed by atoms with Crippen LogP contribution in [-0.2, 0) is 0 Å². The van der Waals surface area contributed by atoms with E-state index in [1.807, 2.05) is 54.7 Å². The van der Waals surface area contributed by atoms with Gasteiger partial charge in [-0.25, -0.2) is 9.97 Å². The van der Waals surface area contributed by atoms with Crippen molar-refractivity contribution in [3.8, 4) is 28.2 Å². The smallest absolute Gasteiger partial charge is 0.116 e. The molecule has 0 bridgehead atoms. The first-order valence-electron chi connectivity index (χ1n) is 10.3. The molecule has 0 saturated carbocycles. The summed E-state index contributed by atoms with van der Waals surface area (Å²) < 4.78 is 3.28. The summed E-state index contributed by atoms with van der Waals surface area (Å²) in [6, 6.07) is 26.5. The van der Waals surface area contributed by atoms with E-state index >= 15 is 0 Å². The van der Waals surface area contributed by atoms with Crippen molar-refractivity contribution in [3.05, 3.63) is 91.4 Å². The van der Waals surface area contributed by atoms with Crippen LogP contribution in [0.15, 0.2) is 91.4 Å². The molecule has 32 heavy (non-hydrogen) atoms. The number of hydrogen-bond acceptors (Lipinski definition) is 5. The van der Waals surface area contributed by atoms with Gasteiger partial charge in [-0.1, -0.05) is 66.7 Å². The molecule has 6 rings (SSSR count). The normalized spacial score (nSPS) is 11.4. The quantitative estimate of drug-likeness (QED) is 0.351. The summed E-state index contributed by atoms with van der Waals surface area (Å²) in [7, 11) is 0. The molecule has 5 nitrogen and oxygen atoms in total. The highest BCUT2D eigenvalue weighted by Crippen LogP contribution is 2.47. The highest BCUT2D eigenvalue weighted by atomic mass is 32.1. The zero-order valence-corrected chi connectivity index (χ0v) is 17.9. The van der Waals surface area contributed by atoms with Crippen molar-refractivity contribution < 1.29 is 0 Å². The van der Waals surface area contributed by atoms with E-state index in [1.54, 1.807) is 17.7 Å². The summed E-state index contributed by atoms with van der Waals surface area (Å²) in [5.74, 6) is 0. The van der Waals surface area contributed by atoms with E-state index in [9.17, 15) is 0 Å². The molecule has 3 aromatic carbocycles. The van der Waals surface area contributed by atoms with Crippen molar-refractivity contribution in [3.63, 3.8) is 0 Å². The summed E-state index contributed by atoms with van der Waals surface area (Å²) in [4.78, 5) is 9.02. The Morgan fingerprint density at radius 3 is 2.34 bits per heavy atom. The molecule has 0 radical (unpaired) electrons. The highest BCUT2D eigenvalue weighted by Gasteiger charge is 2.24. The Balaban J connectivity index is 1.77. The van der Waals surface area contributed by atoms with Crippen LogP contribution in [0.4, 0.5) is 10.7 Å². The second-order valence-electron chi connectivity index (χ2n) is 7.57. The average molecular weight is 434 g/mol. The van der Waals surface area contributed by atoms with E-state index in [1.165, 1.54) is 0 Å². The lowest BCUT2D eigenvalue weighted by molar-refractivity contribution is 1.06. The summed E-state index contributed by atoms with van der Waals surface area (Å²) >= 11 is 1.57. The van der Waals surface area contributed by atoms with Crippen LogP contribution in [0.3, 0.4) is 0 Å². The SMILES string of the molecule is Nc1sc2ccccc2c1-c1c(N)c2ccccc2n1-c1cncnc1-c1ccccc1. The third kappa shape index (κ3) is 2.70. The van der Waals surface area contributed by atoms with Gasteiger partial charge in [0.05, 0.1) is 39.5 Å². The Morgan fingerprint density at radius 1 is 0.781 bits per heavy atom. The van der Waals surface area contributed by atoms with Gasteiger partial charge in [0.1, 0.15) is 6.33 Å². The molecule has 0 amide bonds. The Labute approximate surface area is 188 Å². The molecule has 0 aliphatic rings. The van der Waals surface area contributed by atoms with E-state index in [2.05, 4.69) is 44.9 Å². The molecule has 3 heterocycles. The van der Waals surface area contributed by atoms with Gasteiger partial charge in [-0.2, -0.15) is 0 Å². The van der Waals surface area contributed by atoms with Crippen LogP contribution in [0.5, 0.6) is 0 Å². The number of aromatic nitrogens is 3. The van der Waals surface area contributed by atoms with Gasteiger partial charge in [-0.05, 0) is 12.1 Å². The minimum Gasteiger partial charge on any atom is -0.396 e. The fourth-order valence-corrected chi connectivity index (χ4v) is 5.35. The van der Waals surface area contributed by atoms with Crippen LogP contribution in [0.1, 0.15) is 0 Å². The van der Waals surface area contributed by atoms with Gasteiger partial charge in [0, 0.05) is 26.6 Å². The standard InChI is InChI=1S/C26H19N5S/c27-23-17-10-4-6-12-19(17)31(20-14-29-15-30-24(20)16-8-2-1-3-9-16)25(23)22-18-11-5-7-13-21(18)32-26(22)28/h1-15H,27-28H2. The second-order valence-corrected chi connectivity index (χ2v) is 8.66. The molecule has 0 unspecified atom stereocenters. The van der Waals surface area contributed by atoms with Gasteiger partial charge >= 0.3 is 0 Å². The largest absolute Gasteiger partial charge is 0.396 e. The van der Waals surface area contributed by atoms with E-state index in [4.69, 9.17) is 11.5 Å². The van der Waals surface area contributed by atoms with Crippen molar-refractivity contribution in [1.29, 1.82) is 0 Å². The lowest BCUT2D eigenvalue weighted by Gasteiger charge is -2.15. The van der Waals surface area contributed by atoms with Crippen LogP contribution in [0.2, 0.25) is 0 Å². The molecule has 0 aliphatic carbocycles. The third-order valence-electron chi connectivity index (χ3n) is 5.75. The van der Waals surface area contributed by atoms with Crippen molar-refractivity contribution in [1.82, 2.24) is 14.5 Å². The number of benzene rings is 3. The number of nitrogens with zero attached hydrogens (tertiary/aromatic N) is 3. The topological polar surface area (TPSA) is 82.8 Å². The number of anilines is 2. The Kier molecular flexibility index (Phi) is 4.19. The van der Waals surface area contributed by atoms with Crippen LogP contribution >= 0.6 is 11.3 Å². The van der Waals surface area contributed by atoms with Gasteiger partial charge in [-0.15, -0.1) is 11.3 Å². The van der Waals surface area contributed by atoms with E-state index in [0.717, 1.165) is 54.2 Å². The zero-order chi connectivity index (χ0) is 21.7. The number of thiophene rings is 1. The fourth-order valence-electron chi connectivity index (χ4n) is 4.37. The first kappa shape index (κ1) is 18.6. The Hall–Kier alpha value is -4.16. The molecule has 0 fully saturated rings. The average Bonchev–Trinajstić information content (AvgIpc) is 3.32. The van der Waals surface area contributed by atoms with E-state index < -0.39 is 0 Å². The maximum atomic E-state index is 6.80. The van der Waals surface area contributed by atoms with Crippen molar-refractivity contribution >= 4 is 43.0 Å². The number of nitrogen functional groups attached to an aromatic ring is 2. The van der Waals surface area contributed by atoms with Crippen LogP contribution < -0.4 is 11.5 Å². The predicted molar refractivity (Wildman–Crippen MR) is 134 cm³/mol. The maximum Gasteiger partial charge on any atom is 0.116 e. The van der Waals surface area contributed by atoms with Gasteiger partial charge in [0.25, 0.3) is 0 Å². The van der Waals surface area contributed by atoms with Crippen LogP contribution in [0, 0.1) is 0 Å². The number of hydrogen-bond donors (Lipinski definition) is 2. The van der Waals surface area contributed by atoms with E-state index in [-0.39, 0.29) is 0 Å². The monoisotopic (exact) mass is 433 g/mol. The zero-order valence-electron chi connectivity index (χ0n) is 17.1. The number of para-hydroxylation sites is 1. The van der Waals surface area contributed by atoms with Gasteiger partial charge in [0.15, 0.2) is 0 Å². The van der Waals surface area contributed by atoms with Crippen LogP contribution in [0.25, 0.3) is 49.2 Å². The molecule has 4 N–H and O–H groups in total. The lowest BCUT2D eigenvalue weighted by atomic mass is 10.1. The van der Waals surface area contributed by atoms with E-state index in [0.29, 0.717) is 5.69 Å². The Morgan fingerprint density at radius 2 is 1.50 bits per heavy atom. The molecule has 0 aliphatic heterocycles. The molecule has 0 spiro atoms. The maximum absolute atomic E-state index is 6.80. The first-order chi connectivity index (χ1) is 15.7. The van der Waals surface area contributed by atoms with Crippen LogP contribution in [-0.4, -0.2) is 14.5 Å². The molecule has 0 atom stereocenters. The van der Waals surface area contributed by atoms with Gasteiger partial charge in [0.2, 0.25) is 0 Å². The Bertz CT molecular complexity index is 1600. The number of fused-ring (bicyclic) bond motifs is 2. The second kappa shape index (κ2) is 7.21. The third-order valence-corrected chi connectivity index (χ3v) is 6.75. The van der Waals surface area contributed by atoms with Gasteiger partial charge in [-0.3, -0.25) is 0 Å². The minimum atomic E-state index is 0.693. The lowest BCUT2D eigenvalue weighted by Crippen LogP contribution is -2.03. The fraction of sp³-hybridized carbons (Fsp3) is 0. The summed E-state index contributed by atoms with van der Waals surface area (Å²) in [5, 5.41) is 2.80. The molecular formula is C26H19N5S. The molecule has 3 aromatic heterocycles. The predicted octanol–water partition coefficient (Wildman–Crippen LogP) is 6.13.